The van der Waals surface area contributed by atoms with Crippen LogP contribution in [-0.4, -0.2) is 32.9 Å². The van der Waals surface area contributed by atoms with Crippen LogP contribution in [0.25, 0.3) is 0 Å². The summed E-state index contributed by atoms with van der Waals surface area (Å²) in [6.07, 6.45) is 1.98. The van der Waals surface area contributed by atoms with Crippen molar-refractivity contribution >= 4 is 22.6 Å². The average Bonchev–Trinajstić information content (AvgIpc) is 2.25. The van der Waals surface area contributed by atoms with E-state index in [0.29, 0.717) is 3.92 Å². The van der Waals surface area contributed by atoms with Crippen molar-refractivity contribution in [1.29, 1.82) is 0 Å². The van der Waals surface area contributed by atoms with Crippen molar-refractivity contribution in [3.63, 3.8) is 0 Å². The van der Waals surface area contributed by atoms with Gasteiger partial charge in [-0.05, 0) is 19.8 Å². The fourth-order valence-corrected chi connectivity index (χ4v) is 1.79. The van der Waals surface area contributed by atoms with Gasteiger partial charge in [-0.3, -0.25) is 5.21 Å². The van der Waals surface area contributed by atoms with Gasteiger partial charge in [-0.1, -0.05) is 48.6 Å². The lowest BCUT2D eigenvalue weighted by atomic mass is 10.1. The molecule has 0 radical (unpaired) electrons. The maximum Gasteiger partial charge on any atom is 0.0563 e. The van der Waals surface area contributed by atoms with Gasteiger partial charge in [0.25, 0.3) is 0 Å². The summed E-state index contributed by atoms with van der Waals surface area (Å²) < 4.78 is 0.443. The Kier molecular flexibility index (Phi) is 8.07. The van der Waals surface area contributed by atoms with Crippen LogP contribution in [0.2, 0.25) is 0 Å². The van der Waals surface area contributed by atoms with Crippen molar-refractivity contribution in [2.24, 2.45) is 5.92 Å². The quantitative estimate of drug-likeness (QED) is 0.311. The zero-order valence-electron chi connectivity index (χ0n) is 11.4. The molecule has 0 aliphatic carbocycles. The van der Waals surface area contributed by atoms with Gasteiger partial charge in [-0.2, -0.15) is 10.2 Å². The first-order valence-corrected chi connectivity index (χ1v) is 7.19. The molecule has 3 nitrogen and oxygen atoms in total. The number of halogens is 1. The maximum absolute atomic E-state index is 10.0. The number of rotatable bonds is 8. The predicted octanol–water partition coefficient (Wildman–Crippen LogP) is 3.85. The second-order valence-corrected chi connectivity index (χ2v) is 6.65. The second kappa shape index (κ2) is 8.11. The molecule has 0 saturated heterocycles. The first-order chi connectivity index (χ1) is 7.77. The van der Waals surface area contributed by atoms with Gasteiger partial charge >= 0.3 is 0 Å². The number of alkyl halides is 1. The van der Waals surface area contributed by atoms with Crippen LogP contribution in [0.15, 0.2) is 24.4 Å². The van der Waals surface area contributed by atoms with Gasteiger partial charge in [0.2, 0.25) is 0 Å². The summed E-state index contributed by atoms with van der Waals surface area (Å²) in [7, 11) is 1.87. The minimum absolute atomic E-state index is 0.254. The summed E-state index contributed by atoms with van der Waals surface area (Å²) in [4.78, 5) is 0. The smallest absolute Gasteiger partial charge is 0.0563 e. The monoisotopic (exact) mass is 352 g/mol. The van der Waals surface area contributed by atoms with E-state index >= 15 is 0 Å². The Morgan fingerprint density at radius 3 is 2.29 bits per heavy atom. The minimum Gasteiger partial charge on any atom is -0.273 e. The SMILES string of the molecule is C=C(C)CCCN(C)N(O)C(=C)C(C)C(C)I. The molecule has 0 bridgehead atoms. The molecule has 100 valence electrons. The number of allylic oxidation sites excluding steroid dienone is 2. The molecule has 0 fully saturated rings. The van der Waals surface area contributed by atoms with Gasteiger partial charge in [-0.15, -0.1) is 6.58 Å². The van der Waals surface area contributed by atoms with Gasteiger partial charge in [0.15, 0.2) is 0 Å². The van der Waals surface area contributed by atoms with E-state index in [2.05, 4.69) is 49.6 Å². The van der Waals surface area contributed by atoms with Crippen LogP contribution in [0, 0.1) is 5.92 Å². The lowest BCUT2D eigenvalue weighted by Crippen LogP contribution is -2.39. The highest BCUT2D eigenvalue weighted by molar-refractivity contribution is 14.1. The molecule has 0 aliphatic rings. The van der Waals surface area contributed by atoms with E-state index in [9.17, 15) is 5.21 Å². The lowest BCUT2D eigenvalue weighted by Gasteiger charge is -2.32. The molecule has 0 heterocycles. The molecule has 0 aromatic heterocycles. The average molecular weight is 352 g/mol. The van der Waals surface area contributed by atoms with E-state index in [4.69, 9.17) is 0 Å². The Labute approximate surface area is 119 Å². The van der Waals surface area contributed by atoms with Crippen LogP contribution in [0.3, 0.4) is 0 Å². The molecule has 0 amide bonds. The van der Waals surface area contributed by atoms with Crippen LogP contribution in [0.5, 0.6) is 0 Å². The van der Waals surface area contributed by atoms with Gasteiger partial charge in [-0.25, -0.2) is 0 Å². The van der Waals surface area contributed by atoms with Gasteiger partial charge in [0, 0.05) is 23.4 Å². The van der Waals surface area contributed by atoms with Crippen molar-refractivity contribution in [2.45, 2.75) is 37.5 Å². The molecular weight excluding hydrogens is 327 g/mol. The first-order valence-electron chi connectivity index (χ1n) is 5.94. The summed E-state index contributed by atoms with van der Waals surface area (Å²) in [5, 5.41) is 13.0. The fraction of sp³-hybridized carbons (Fsp3) is 0.692. The van der Waals surface area contributed by atoms with Crippen molar-refractivity contribution in [3.05, 3.63) is 24.4 Å². The zero-order chi connectivity index (χ0) is 13.6. The van der Waals surface area contributed by atoms with Crippen molar-refractivity contribution in [3.8, 4) is 0 Å². The molecule has 0 aliphatic heterocycles. The van der Waals surface area contributed by atoms with Crippen molar-refractivity contribution in [2.75, 3.05) is 13.6 Å². The van der Waals surface area contributed by atoms with E-state index in [-0.39, 0.29) is 5.92 Å². The molecule has 0 saturated carbocycles. The molecule has 2 atom stereocenters. The number of hydrazine groups is 1. The van der Waals surface area contributed by atoms with Crippen LogP contribution in [0.4, 0.5) is 0 Å². The first kappa shape index (κ1) is 16.9. The Morgan fingerprint density at radius 2 is 1.88 bits per heavy atom. The summed E-state index contributed by atoms with van der Waals surface area (Å²) in [5.41, 5.74) is 1.92. The molecule has 0 aromatic rings. The summed E-state index contributed by atoms with van der Waals surface area (Å²) in [6, 6.07) is 0. The Bertz CT molecular complexity index is 266. The van der Waals surface area contributed by atoms with E-state index in [1.165, 1.54) is 10.7 Å². The largest absolute Gasteiger partial charge is 0.273 e. The van der Waals surface area contributed by atoms with Crippen LogP contribution in [0.1, 0.15) is 33.6 Å². The summed E-state index contributed by atoms with van der Waals surface area (Å²) >= 11 is 2.35. The maximum atomic E-state index is 10.0. The molecule has 1 N–H and O–H groups in total. The third-order valence-electron chi connectivity index (χ3n) is 2.88. The third-order valence-corrected chi connectivity index (χ3v) is 3.96. The standard InChI is InChI=1S/C13H25IN2O/c1-10(2)8-7-9-15(6)16(17)13(5)11(3)12(4)14/h11-12,17H,1,5,7-9H2,2-4,6H3. The predicted molar refractivity (Wildman–Crippen MR) is 82.1 cm³/mol. The molecule has 0 aromatic carbocycles. The fourth-order valence-electron chi connectivity index (χ4n) is 1.37. The van der Waals surface area contributed by atoms with E-state index in [1.807, 2.05) is 14.0 Å². The molecule has 2 unspecified atom stereocenters. The summed E-state index contributed by atoms with van der Waals surface area (Å²) in [5.74, 6) is 0.254. The Morgan fingerprint density at radius 1 is 1.35 bits per heavy atom. The normalized spacial score (nSPS) is 14.5. The van der Waals surface area contributed by atoms with Gasteiger partial charge in [0.05, 0.1) is 5.70 Å². The summed E-state index contributed by atoms with van der Waals surface area (Å²) in [6.45, 7) is 14.8. The van der Waals surface area contributed by atoms with Crippen LogP contribution < -0.4 is 0 Å². The highest BCUT2D eigenvalue weighted by Crippen LogP contribution is 2.22. The third kappa shape index (κ3) is 6.43. The molecule has 0 rings (SSSR count). The van der Waals surface area contributed by atoms with Crippen molar-refractivity contribution in [1.82, 2.24) is 10.2 Å². The molecule has 0 spiro atoms. The highest BCUT2D eigenvalue weighted by Gasteiger charge is 2.19. The van der Waals surface area contributed by atoms with Crippen LogP contribution in [-0.2, 0) is 0 Å². The zero-order valence-corrected chi connectivity index (χ0v) is 13.6. The van der Waals surface area contributed by atoms with Gasteiger partial charge in [0.1, 0.15) is 0 Å². The molecule has 17 heavy (non-hydrogen) atoms. The highest BCUT2D eigenvalue weighted by atomic mass is 127. The minimum atomic E-state index is 0.254. The lowest BCUT2D eigenvalue weighted by molar-refractivity contribution is -0.211. The second-order valence-electron chi connectivity index (χ2n) is 4.69. The van der Waals surface area contributed by atoms with Crippen LogP contribution >= 0.6 is 22.6 Å². The Balaban J connectivity index is 4.15. The molecular formula is C13H25IN2O. The molecule has 4 heteroatoms. The number of hydrogen-bond acceptors (Lipinski definition) is 3. The number of hydroxylamine groups is 1. The number of hydrogen-bond donors (Lipinski definition) is 1. The van der Waals surface area contributed by atoms with E-state index < -0.39 is 0 Å². The van der Waals surface area contributed by atoms with Gasteiger partial charge < -0.3 is 0 Å². The van der Waals surface area contributed by atoms with Crippen molar-refractivity contribution < 1.29 is 5.21 Å². The topological polar surface area (TPSA) is 26.7 Å². The number of nitrogens with zero attached hydrogens (tertiary/aromatic N) is 2. The van der Waals surface area contributed by atoms with E-state index in [1.54, 1.807) is 5.01 Å². The van der Waals surface area contributed by atoms with E-state index in [0.717, 1.165) is 25.1 Å². The Hall–Kier alpha value is -0.0700.